The summed E-state index contributed by atoms with van der Waals surface area (Å²) in [5.74, 6) is 0.968. The van der Waals surface area contributed by atoms with E-state index in [0.29, 0.717) is 23.8 Å². The summed E-state index contributed by atoms with van der Waals surface area (Å²) in [5, 5.41) is 0. The monoisotopic (exact) mass is 307 g/mol. The molecule has 0 N–H and O–H groups in total. The van der Waals surface area contributed by atoms with Crippen LogP contribution in [0.5, 0.6) is 0 Å². The molecule has 2 fully saturated rings. The van der Waals surface area contributed by atoms with Crippen LogP contribution in [0.2, 0.25) is 0 Å². The van der Waals surface area contributed by atoms with Crippen LogP contribution in [0.15, 0.2) is 0 Å². The van der Waals surface area contributed by atoms with E-state index in [0.717, 1.165) is 25.7 Å². The van der Waals surface area contributed by atoms with Gasteiger partial charge in [0.05, 0.1) is 0 Å². The molecule has 2 atom stereocenters. The van der Waals surface area contributed by atoms with Gasteiger partial charge in [0.1, 0.15) is 5.78 Å². The highest BCUT2D eigenvalue weighted by molar-refractivity contribution is 5.81. The molecule has 2 heteroatoms. The highest BCUT2D eigenvalue weighted by Gasteiger charge is 2.40. The van der Waals surface area contributed by atoms with E-state index in [-0.39, 0.29) is 0 Å². The van der Waals surface area contributed by atoms with Crippen molar-refractivity contribution in [2.75, 3.05) is 7.05 Å². The molecule has 0 spiro atoms. The van der Waals surface area contributed by atoms with Gasteiger partial charge >= 0.3 is 0 Å². The first kappa shape index (κ1) is 18.0. The number of nitrogens with zero attached hydrogens (tertiary/aromatic N) is 1. The number of fused-ring (bicyclic) bond motifs is 2. The van der Waals surface area contributed by atoms with Crippen LogP contribution >= 0.6 is 0 Å². The lowest BCUT2D eigenvalue weighted by Crippen LogP contribution is -2.42. The Morgan fingerprint density at radius 3 is 1.91 bits per heavy atom. The largest absolute Gasteiger partial charge is 0.300 e. The topological polar surface area (TPSA) is 20.3 Å². The van der Waals surface area contributed by atoms with Crippen molar-refractivity contribution in [1.82, 2.24) is 4.90 Å². The standard InChI is InChI=1S/C20H37NO/c1-3-4-5-6-7-8-9-10-11-12-20(22)17-15-18-13-14-19(16-17)21(18)2/h17-19H,3-16H2,1-2H3. The van der Waals surface area contributed by atoms with Gasteiger partial charge in [0.15, 0.2) is 0 Å². The van der Waals surface area contributed by atoms with Crippen LogP contribution in [0.1, 0.15) is 96.8 Å². The lowest BCUT2D eigenvalue weighted by Gasteiger charge is -2.35. The lowest BCUT2D eigenvalue weighted by molar-refractivity contribution is -0.125. The van der Waals surface area contributed by atoms with Crippen LogP contribution in [0.3, 0.4) is 0 Å². The molecule has 2 saturated heterocycles. The van der Waals surface area contributed by atoms with Crippen LogP contribution < -0.4 is 0 Å². The Hall–Kier alpha value is -0.370. The minimum absolute atomic E-state index is 0.391. The summed E-state index contributed by atoms with van der Waals surface area (Å²) in [6, 6.07) is 1.41. The van der Waals surface area contributed by atoms with E-state index in [1.807, 2.05) is 0 Å². The molecule has 0 saturated carbocycles. The Morgan fingerprint density at radius 2 is 1.36 bits per heavy atom. The van der Waals surface area contributed by atoms with Crippen LogP contribution in [-0.4, -0.2) is 29.8 Å². The molecule has 2 rings (SSSR count). The number of piperidine rings is 1. The predicted molar refractivity (Wildman–Crippen MR) is 94.1 cm³/mol. The smallest absolute Gasteiger partial charge is 0.136 e. The van der Waals surface area contributed by atoms with E-state index in [1.54, 1.807) is 0 Å². The number of hydrogen-bond donors (Lipinski definition) is 0. The first-order valence-electron chi connectivity index (χ1n) is 9.97. The fourth-order valence-corrected chi connectivity index (χ4v) is 4.49. The molecule has 2 unspecified atom stereocenters. The van der Waals surface area contributed by atoms with Crippen molar-refractivity contribution < 1.29 is 4.79 Å². The molecule has 0 radical (unpaired) electrons. The number of rotatable bonds is 11. The van der Waals surface area contributed by atoms with E-state index < -0.39 is 0 Å². The van der Waals surface area contributed by atoms with Crippen LogP contribution in [-0.2, 0) is 4.79 Å². The molecule has 0 amide bonds. The van der Waals surface area contributed by atoms with E-state index in [1.165, 1.54) is 64.2 Å². The Labute approximate surface area is 138 Å². The highest BCUT2D eigenvalue weighted by Crippen LogP contribution is 2.38. The van der Waals surface area contributed by atoms with Crippen molar-refractivity contribution in [2.45, 2.75) is 109 Å². The Bertz CT molecular complexity index is 314. The van der Waals surface area contributed by atoms with Crippen LogP contribution in [0.4, 0.5) is 0 Å². The number of Topliss-reactive ketones (excluding diaryl/α,β-unsaturated/α-hetero) is 1. The molecule has 0 aromatic rings. The second kappa shape index (κ2) is 9.70. The van der Waals surface area contributed by atoms with Crippen molar-refractivity contribution >= 4 is 5.78 Å². The van der Waals surface area contributed by atoms with Gasteiger partial charge in [-0.25, -0.2) is 0 Å². The van der Waals surface area contributed by atoms with E-state index >= 15 is 0 Å². The zero-order valence-corrected chi connectivity index (χ0v) is 15.0. The second-order valence-corrected chi connectivity index (χ2v) is 7.76. The van der Waals surface area contributed by atoms with Crippen molar-refractivity contribution in [2.24, 2.45) is 5.92 Å². The molecule has 22 heavy (non-hydrogen) atoms. The van der Waals surface area contributed by atoms with Gasteiger partial charge in [0.25, 0.3) is 0 Å². The maximum Gasteiger partial charge on any atom is 0.136 e. The third kappa shape index (κ3) is 5.37. The quantitative estimate of drug-likeness (QED) is 0.480. The molecule has 2 aliphatic heterocycles. The molecular weight excluding hydrogens is 270 g/mol. The van der Waals surface area contributed by atoms with Gasteiger partial charge in [0.2, 0.25) is 0 Å². The summed E-state index contributed by atoms with van der Waals surface area (Å²) in [6.07, 6.45) is 17.8. The molecular formula is C20H37NO. The normalized spacial score (nSPS) is 28.2. The fraction of sp³-hybridized carbons (Fsp3) is 0.950. The third-order valence-electron chi connectivity index (χ3n) is 6.08. The Kier molecular flexibility index (Phi) is 7.92. The molecule has 0 aromatic carbocycles. The summed E-state index contributed by atoms with van der Waals surface area (Å²) < 4.78 is 0. The number of unbranched alkanes of at least 4 members (excludes halogenated alkanes) is 8. The van der Waals surface area contributed by atoms with Gasteiger partial charge in [-0.15, -0.1) is 0 Å². The lowest BCUT2D eigenvalue weighted by atomic mass is 9.86. The summed E-state index contributed by atoms with van der Waals surface area (Å²) in [6.45, 7) is 2.27. The summed E-state index contributed by atoms with van der Waals surface area (Å²) in [7, 11) is 2.25. The zero-order valence-electron chi connectivity index (χ0n) is 15.0. The SMILES string of the molecule is CCCCCCCCCCCC(=O)C1CC2CCC(C1)N2C. The summed E-state index contributed by atoms with van der Waals surface area (Å²) >= 11 is 0. The van der Waals surface area contributed by atoms with Crippen LogP contribution in [0.25, 0.3) is 0 Å². The van der Waals surface area contributed by atoms with Crippen LogP contribution in [0, 0.1) is 5.92 Å². The zero-order chi connectivity index (χ0) is 15.8. The van der Waals surface area contributed by atoms with Crippen molar-refractivity contribution in [1.29, 1.82) is 0 Å². The average Bonchev–Trinajstić information content (AvgIpc) is 2.75. The predicted octanol–water partition coefficient (Wildman–Crippen LogP) is 5.35. The van der Waals surface area contributed by atoms with Gasteiger partial charge in [-0.3, -0.25) is 4.79 Å². The minimum atomic E-state index is 0.391. The van der Waals surface area contributed by atoms with E-state index in [2.05, 4.69) is 18.9 Å². The second-order valence-electron chi connectivity index (χ2n) is 7.76. The van der Waals surface area contributed by atoms with Gasteiger partial charge < -0.3 is 4.90 Å². The maximum absolute atomic E-state index is 12.4. The van der Waals surface area contributed by atoms with Gasteiger partial charge in [-0.1, -0.05) is 58.3 Å². The van der Waals surface area contributed by atoms with E-state index in [4.69, 9.17) is 0 Å². The number of carbonyl (C=O) groups is 1. The molecule has 2 heterocycles. The molecule has 2 nitrogen and oxygen atoms in total. The Morgan fingerprint density at radius 1 is 0.864 bits per heavy atom. The van der Waals surface area contributed by atoms with Gasteiger partial charge in [-0.2, -0.15) is 0 Å². The third-order valence-corrected chi connectivity index (χ3v) is 6.08. The summed E-state index contributed by atoms with van der Waals surface area (Å²) in [4.78, 5) is 14.9. The molecule has 128 valence electrons. The van der Waals surface area contributed by atoms with Gasteiger partial charge in [0, 0.05) is 24.4 Å². The molecule has 2 bridgehead atoms. The fourth-order valence-electron chi connectivity index (χ4n) is 4.49. The van der Waals surface area contributed by atoms with Gasteiger partial charge in [-0.05, 0) is 39.2 Å². The van der Waals surface area contributed by atoms with Crippen molar-refractivity contribution in [3.63, 3.8) is 0 Å². The molecule has 0 aliphatic carbocycles. The molecule has 0 aromatic heterocycles. The highest BCUT2D eigenvalue weighted by atomic mass is 16.1. The first-order valence-corrected chi connectivity index (χ1v) is 9.97. The Balaban J connectivity index is 1.48. The maximum atomic E-state index is 12.4. The van der Waals surface area contributed by atoms with Crippen molar-refractivity contribution in [3.8, 4) is 0 Å². The van der Waals surface area contributed by atoms with Crippen molar-refractivity contribution in [3.05, 3.63) is 0 Å². The van der Waals surface area contributed by atoms with E-state index in [9.17, 15) is 4.79 Å². The number of ketones is 1. The average molecular weight is 308 g/mol. The number of carbonyl (C=O) groups excluding carboxylic acids is 1. The first-order chi connectivity index (χ1) is 10.7. The summed E-state index contributed by atoms with van der Waals surface area (Å²) in [5.41, 5.74) is 0. The minimum Gasteiger partial charge on any atom is -0.300 e. The molecule has 2 aliphatic rings. The number of hydrogen-bond acceptors (Lipinski definition) is 2.